The quantitative estimate of drug-likeness (QED) is 0.683. The van der Waals surface area contributed by atoms with Gasteiger partial charge in [0.25, 0.3) is 0 Å². The van der Waals surface area contributed by atoms with Gasteiger partial charge in [-0.05, 0) is 0 Å². The highest BCUT2D eigenvalue weighted by molar-refractivity contribution is 5.28. The highest BCUT2D eigenvalue weighted by atomic mass is 16.5. The van der Waals surface area contributed by atoms with Crippen molar-refractivity contribution in [2.75, 3.05) is 13.7 Å². The van der Waals surface area contributed by atoms with Crippen LogP contribution in [0.15, 0.2) is 6.20 Å². The fraction of sp³-hybridized carbons (Fsp3) is 0.429. The number of rotatable bonds is 3. The average Bonchev–Trinajstić information content (AvgIpc) is 2.47. The largest absolute Gasteiger partial charge is 0.384 e. The zero-order valence-corrected chi connectivity index (χ0v) is 6.29. The Morgan fingerprint density at radius 1 is 1.82 bits per heavy atom. The van der Waals surface area contributed by atoms with Crippen molar-refractivity contribution in [1.29, 1.82) is 5.26 Å². The molecule has 0 atom stereocenters. The highest BCUT2D eigenvalue weighted by Gasteiger charge is 2.02. The summed E-state index contributed by atoms with van der Waals surface area (Å²) in [6.07, 6.45) is 2.45. The van der Waals surface area contributed by atoms with Gasteiger partial charge in [-0.2, -0.15) is 10.4 Å². The van der Waals surface area contributed by atoms with Crippen molar-refractivity contribution in [2.45, 2.75) is 6.42 Å². The lowest BCUT2D eigenvalue weighted by Crippen LogP contribution is -1.94. The van der Waals surface area contributed by atoms with Crippen LogP contribution in [0.5, 0.6) is 0 Å². The third-order valence-corrected chi connectivity index (χ3v) is 1.40. The molecule has 58 valence electrons. The Kier molecular flexibility index (Phi) is 2.64. The van der Waals surface area contributed by atoms with Gasteiger partial charge >= 0.3 is 0 Å². The van der Waals surface area contributed by atoms with E-state index in [1.165, 1.54) is 0 Å². The monoisotopic (exact) mass is 151 g/mol. The summed E-state index contributed by atoms with van der Waals surface area (Å²) < 4.78 is 4.86. The van der Waals surface area contributed by atoms with Crippen molar-refractivity contribution in [1.82, 2.24) is 10.2 Å². The molecule has 1 N–H and O–H groups in total. The number of nitriles is 1. The van der Waals surface area contributed by atoms with E-state index in [4.69, 9.17) is 10.00 Å². The van der Waals surface area contributed by atoms with Crippen LogP contribution in [-0.2, 0) is 11.2 Å². The molecule has 1 heterocycles. The van der Waals surface area contributed by atoms with Gasteiger partial charge in [0, 0.05) is 25.3 Å². The molecule has 0 radical (unpaired) electrons. The standard InChI is InChI=1S/C7H9N3O/c1-11-3-2-6-5-9-10-7(6)4-8/h5H,2-3H2,1H3,(H,9,10). The molecule has 0 saturated carbocycles. The molecule has 0 aliphatic rings. The predicted molar refractivity (Wildman–Crippen MR) is 38.9 cm³/mol. The van der Waals surface area contributed by atoms with Crippen LogP contribution in [0.4, 0.5) is 0 Å². The van der Waals surface area contributed by atoms with Crippen molar-refractivity contribution < 1.29 is 4.74 Å². The topological polar surface area (TPSA) is 61.7 Å². The number of nitrogens with one attached hydrogen (secondary N) is 1. The summed E-state index contributed by atoms with van der Waals surface area (Å²) in [6, 6.07) is 1.99. The second-order valence-corrected chi connectivity index (χ2v) is 2.11. The van der Waals surface area contributed by atoms with E-state index in [0.717, 1.165) is 12.0 Å². The highest BCUT2D eigenvalue weighted by Crippen LogP contribution is 2.02. The number of hydrogen-bond acceptors (Lipinski definition) is 3. The van der Waals surface area contributed by atoms with Crippen LogP contribution in [0.3, 0.4) is 0 Å². The van der Waals surface area contributed by atoms with Gasteiger partial charge in [0.05, 0.1) is 6.61 Å². The molecule has 1 rings (SSSR count). The molecule has 0 saturated heterocycles. The number of H-pyrrole nitrogens is 1. The minimum absolute atomic E-state index is 0.460. The zero-order chi connectivity index (χ0) is 8.10. The second kappa shape index (κ2) is 3.74. The molecule has 11 heavy (non-hydrogen) atoms. The Bertz CT molecular complexity index is 261. The Balaban J connectivity index is 2.63. The average molecular weight is 151 g/mol. The van der Waals surface area contributed by atoms with Gasteiger partial charge in [-0.3, -0.25) is 5.10 Å². The Morgan fingerprint density at radius 3 is 3.27 bits per heavy atom. The lowest BCUT2D eigenvalue weighted by atomic mass is 10.2. The van der Waals surface area contributed by atoms with Gasteiger partial charge in [0.2, 0.25) is 0 Å². The minimum Gasteiger partial charge on any atom is -0.384 e. The molecule has 0 aliphatic heterocycles. The number of ether oxygens (including phenoxy) is 1. The first-order valence-corrected chi connectivity index (χ1v) is 3.30. The molecule has 0 aliphatic carbocycles. The molecule has 0 fully saturated rings. The molecule has 0 bridgehead atoms. The van der Waals surface area contributed by atoms with Gasteiger partial charge in [0.15, 0.2) is 5.69 Å². The fourth-order valence-corrected chi connectivity index (χ4v) is 0.814. The number of hydrogen-bond donors (Lipinski definition) is 1. The molecule has 4 heteroatoms. The third-order valence-electron chi connectivity index (χ3n) is 1.40. The summed E-state index contributed by atoms with van der Waals surface area (Å²) in [5, 5.41) is 14.9. The lowest BCUT2D eigenvalue weighted by molar-refractivity contribution is 0.202. The first-order valence-electron chi connectivity index (χ1n) is 3.30. The van der Waals surface area contributed by atoms with E-state index in [1.54, 1.807) is 13.3 Å². The summed E-state index contributed by atoms with van der Waals surface area (Å²) in [6.45, 7) is 0.619. The van der Waals surface area contributed by atoms with E-state index in [-0.39, 0.29) is 0 Å². The van der Waals surface area contributed by atoms with Crippen LogP contribution in [0.1, 0.15) is 11.3 Å². The Hall–Kier alpha value is -1.34. The van der Waals surface area contributed by atoms with Crippen LogP contribution in [0, 0.1) is 11.3 Å². The van der Waals surface area contributed by atoms with Crippen molar-refractivity contribution in [3.63, 3.8) is 0 Å². The minimum atomic E-state index is 0.460. The summed E-state index contributed by atoms with van der Waals surface area (Å²) >= 11 is 0. The van der Waals surface area contributed by atoms with Gasteiger partial charge in [-0.1, -0.05) is 0 Å². The van der Waals surface area contributed by atoms with Crippen molar-refractivity contribution in [3.05, 3.63) is 17.5 Å². The maximum atomic E-state index is 8.53. The lowest BCUT2D eigenvalue weighted by Gasteiger charge is -1.93. The summed E-state index contributed by atoms with van der Waals surface area (Å²) in [5.41, 5.74) is 1.37. The smallest absolute Gasteiger partial charge is 0.165 e. The number of aromatic amines is 1. The molecule has 0 aromatic carbocycles. The van der Waals surface area contributed by atoms with Crippen LogP contribution in [-0.4, -0.2) is 23.9 Å². The second-order valence-electron chi connectivity index (χ2n) is 2.11. The fourth-order valence-electron chi connectivity index (χ4n) is 0.814. The van der Waals surface area contributed by atoms with Crippen molar-refractivity contribution in [3.8, 4) is 6.07 Å². The molecule has 0 spiro atoms. The van der Waals surface area contributed by atoms with E-state index in [9.17, 15) is 0 Å². The summed E-state index contributed by atoms with van der Waals surface area (Å²) in [4.78, 5) is 0. The van der Waals surface area contributed by atoms with Crippen molar-refractivity contribution in [2.24, 2.45) is 0 Å². The SMILES string of the molecule is COCCc1c[nH]nc1C#N. The predicted octanol–water partition coefficient (Wildman–Crippen LogP) is 0.470. The molecule has 0 unspecified atom stereocenters. The third kappa shape index (κ3) is 1.79. The first-order chi connectivity index (χ1) is 5.38. The molecular weight excluding hydrogens is 142 g/mol. The van der Waals surface area contributed by atoms with Crippen molar-refractivity contribution >= 4 is 0 Å². The molecule has 1 aromatic heterocycles. The Morgan fingerprint density at radius 2 is 2.64 bits per heavy atom. The summed E-state index contributed by atoms with van der Waals surface area (Å²) in [5.74, 6) is 0. The number of methoxy groups -OCH3 is 1. The van der Waals surface area contributed by atoms with E-state index in [2.05, 4.69) is 10.2 Å². The number of aromatic nitrogens is 2. The van der Waals surface area contributed by atoms with Crippen LogP contribution in [0.2, 0.25) is 0 Å². The summed E-state index contributed by atoms with van der Waals surface area (Å²) in [7, 11) is 1.63. The molecular formula is C7H9N3O. The Labute approximate surface area is 64.8 Å². The maximum Gasteiger partial charge on any atom is 0.165 e. The van der Waals surface area contributed by atoms with E-state index >= 15 is 0 Å². The maximum absolute atomic E-state index is 8.53. The van der Waals surface area contributed by atoms with Crippen LogP contribution < -0.4 is 0 Å². The van der Waals surface area contributed by atoms with E-state index < -0.39 is 0 Å². The molecule has 1 aromatic rings. The van der Waals surface area contributed by atoms with Crippen LogP contribution >= 0.6 is 0 Å². The molecule has 0 amide bonds. The first kappa shape index (κ1) is 7.76. The van der Waals surface area contributed by atoms with Gasteiger partial charge in [0.1, 0.15) is 6.07 Å². The zero-order valence-electron chi connectivity index (χ0n) is 6.29. The van der Waals surface area contributed by atoms with Gasteiger partial charge in [-0.25, -0.2) is 0 Å². The van der Waals surface area contributed by atoms with Gasteiger partial charge < -0.3 is 4.74 Å². The van der Waals surface area contributed by atoms with E-state index in [1.807, 2.05) is 6.07 Å². The van der Waals surface area contributed by atoms with Gasteiger partial charge in [-0.15, -0.1) is 0 Å². The molecule has 4 nitrogen and oxygen atoms in total. The van der Waals surface area contributed by atoms with E-state index in [0.29, 0.717) is 12.3 Å². The normalized spacial score (nSPS) is 9.45. The number of nitrogens with zero attached hydrogens (tertiary/aromatic N) is 2. The van der Waals surface area contributed by atoms with Crippen LogP contribution in [0.25, 0.3) is 0 Å².